The summed E-state index contributed by atoms with van der Waals surface area (Å²) in [6.07, 6.45) is 2.45. The maximum atomic E-state index is 11.5. The zero-order valence-electron chi connectivity index (χ0n) is 6.26. The van der Waals surface area contributed by atoms with E-state index in [9.17, 15) is 9.28 Å². The predicted molar refractivity (Wildman–Crippen MR) is 39.2 cm³/mol. The zero-order chi connectivity index (χ0) is 8.69. The fourth-order valence-electron chi connectivity index (χ4n) is 0.387. The molecule has 0 aromatic carbocycles. The van der Waals surface area contributed by atoms with E-state index < -0.39 is 5.97 Å². The lowest BCUT2D eigenvalue weighted by Gasteiger charge is -1.96. The fraction of sp³-hybridized carbons (Fsp3) is 0.286. The van der Waals surface area contributed by atoms with Gasteiger partial charge in [0.05, 0.1) is 0 Å². The van der Waals surface area contributed by atoms with Crippen LogP contribution in [0.15, 0.2) is 24.4 Å². The zero-order valence-corrected chi connectivity index (χ0v) is 6.26. The van der Waals surface area contributed by atoms with Gasteiger partial charge in [-0.25, -0.2) is 10.3 Å². The van der Waals surface area contributed by atoms with Crippen LogP contribution in [0, 0.1) is 0 Å². The van der Waals surface area contributed by atoms with Crippen LogP contribution in [0.5, 0.6) is 0 Å². The van der Waals surface area contributed by atoms with Gasteiger partial charge in [-0.1, -0.05) is 12.7 Å². The van der Waals surface area contributed by atoms with Crippen molar-refractivity contribution < 1.29 is 14.0 Å². The van der Waals surface area contributed by atoms with E-state index in [1.807, 2.05) is 0 Å². The van der Waals surface area contributed by atoms with Crippen molar-refractivity contribution in [2.45, 2.75) is 6.92 Å². The van der Waals surface area contributed by atoms with Crippen molar-refractivity contribution in [2.75, 3.05) is 6.61 Å². The van der Waals surface area contributed by atoms with E-state index >= 15 is 0 Å². The molecule has 0 unspecified atom stereocenters. The molecular weight excluding hydrogens is 149 g/mol. The number of carbonyl (C=O) groups excluding carboxylic acids is 1. The third-order valence-electron chi connectivity index (χ3n) is 0.827. The van der Waals surface area contributed by atoms with E-state index in [0.29, 0.717) is 0 Å². The van der Waals surface area contributed by atoms with Crippen molar-refractivity contribution in [3.05, 3.63) is 24.4 Å². The average Bonchev–Trinajstić information content (AvgIpc) is 2.00. The van der Waals surface area contributed by atoms with Crippen molar-refractivity contribution in [3.8, 4) is 0 Å². The van der Waals surface area contributed by atoms with Crippen LogP contribution in [0.3, 0.4) is 0 Å². The average molecular weight is 159 g/mol. The molecule has 0 fully saturated rings. The normalized spacial score (nSPS) is 10.5. The standard InChI is InChI=1S/C7H10FNO2/c1-3-4-11-7(10)5-6(2)9-8/h3,5,9H,1,4H2,2H3/b6-5-. The molecule has 0 saturated heterocycles. The van der Waals surface area contributed by atoms with Gasteiger partial charge in [-0.2, -0.15) is 0 Å². The Morgan fingerprint density at radius 3 is 2.91 bits per heavy atom. The number of esters is 1. The summed E-state index contributed by atoms with van der Waals surface area (Å²) in [6, 6.07) is 0. The minimum atomic E-state index is -0.590. The van der Waals surface area contributed by atoms with E-state index in [1.165, 1.54) is 18.5 Å². The third kappa shape index (κ3) is 5.14. The van der Waals surface area contributed by atoms with Gasteiger partial charge in [0.1, 0.15) is 6.61 Å². The lowest BCUT2D eigenvalue weighted by atomic mass is 10.4. The molecule has 0 amide bonds. The molecule has 3 nitrogen and oxygen atoms in total. The van der Waals surface area contributed by atoms with Crippen LogP contribution in [-0.2, 0) is 9.53 Å². The molecule has 62 valence electrons. The molecule has 0 heterocycles. The van der Waals surface area contributed by atoms with Crippen molar-refractivity contribution in [3.63, 3.8) is 0 Å². The molecule has 11 heavy (non-hydrogen) atoms. The van der Waals surface area contributed by atoms with Gasteiger partial charge in [0.2, 0.25) is 0 Å². The molecule has 0 spiro atoms. The minimum absolute atomic E-state index is 0.110. The Labute approximate surface area is 64.5 Å². The first kappa shape index (κ1) is 9.68. The molecule has 4 heteroatoms. The molecule has 0 atom stereocenters. The first-order valence-electron chi connectivity index (χ1n) is 3.03. The Morgan fingerprint density at radius 2 is 2.45 bits per heavy atom. The van der Waals surface area contributed by atoms with Gasteiger partial charge in [0.15, 0.2) is 0 Å². The molecule has 0 aliphatic heterocycles. The highest BCUT2D eigenvalue weighted by Gasteiger charge is 1.96. The van der Waals surface area contributed by atoms with Crippen LogP contribution < -0.4 is 5.54 Å². The number of halogens is 1. The number of hydrogen-bond acceptors (Lipinski definition) is 3. The van der Waals surface area contributed by atoms with Gasteiger partial charge in [-0.15, -0.1) is 4.48 Å². The largest absolute Gasteiger partial charge is 0.458 e. The van der Waals surface area contributed by atoms with Gasteiger partial charge >= 0.3 is 5.97 Å². The van der Waals surface area contributed by atoms with Crippen LogP contribution in [0.2, 0.25) is 0 Å². The van der Waals surface area contributed by atoms with Crippen molar-refractivity contribution in [2.24, 2.45) is 0 Å². The van der Waals surface area contributed by atoms with Crippen molar-refractivity contribution in [1.82, 2.24) is 5.54 Å². The fourth-order valence-corrected chi connectivity index (χ4v) is 0.387. The molecule has 0 aliphatic carbocycles. The summed E-state index contributed by atoms with van der Waals surface area (Å²) in [5, 5.41) is 0. The topological polar surface area (TPSA) is 38.3 Å². The first-order valence-corrected chi connectivity index (χ1v) is 3.03. The summed E-state index contributed by atoms with van der Waals surface area (Å²) < 4.78 is 16.0. The second-order valence-electron chi connectivity index (χ2n) is 1.84. The van der Waals surface area contributed by atoms with Gasteiger partial charge < -0.3 is 4.74 Å². The van der Waals surface area contributed by atoms with Crippen molar-refractivity contribution in [1.29, 1.82) is 0 Å². The molecular formula is C7H10FNO2. The molecule has 0 bridgehead atoms. The van der Waals surface area contributed by atoms with Crippen LogP contribution in [0.1, 0.15) is 6.92 Å². The molecule has 1 N–H and O–H groups in total. The highest BCUT2D eigenvalue weighted by Crippen LogP contribution is 1.88. The second-order valence-corrected chi connectivity index (χ2v) is 1.84. The minimum Gasteiger partial charge on any atom is -0.458 e. The van der Waals surface area contributed by atoms with Gasteiger partial charge in [-0.05, 0) is 6.92 Å². The summed E-state index contributed by atoms with van der Waals surface area (Å²) in [5.41, 5.74) is 1.42. The highest BCUT2D eigenvalue weighted by atomic mass is 19.2. The maximum Gasteiger partial charge on any atom is 0.332 e. The summed E-state index contributed by atoms with van der Waals surface area (Å²) in [4.78, 5) is 10.6. The van der Waals surface area contributed by atoms with Crippen LogP contribution >= 0.6 is 0 Å². The Bertz CT molecular complexity index is 177. The molecule has 0 rings (SSSR count). The highest BCUT2D eigenvalue weighted by molar-refractivity contribution is 5.82. The molecule has 0 radical (unpaired) electrons. The lowest BCUT2D eigenvalue weighted by molar-refractivity contribution is -0.136. The van der Waals surface area contributed by atoms with E-state index in [0.717, 1.165) is 6.08 Å². The van der Waals surface area contributed by atoms with Gasteiger partial charge in [0, 0.05) is 11.8 Å². The summed E-state index contributed by atoms with van der Waals surface area (Å²) in [5.74, 6) is -0.590. The third-order valence-corrected chi connectivity index (χ3v) is 0.827. The number of hydrogen-bond donors (Lipinski definition) is 1. The van der Waals surface area contributed by atoms with E-state index in [2.05, 4.69) is 11.3 Å². The number of carbonyl (C=O) groups is 1. The quantitative estimate of drug-likeness (QED) is 0.289. The Morgan fingerprint density at radius 1 is 1.82 bits per heavy atom. The van der Waals surface area contributed by atoms with Gasteiger partial charge in [0.25, 0.3) is 0 Å². The number of ether oxygens (including phenoxy) is 1. The Kier molecular flexibility index (Phi) is 4.81. The maximum absolute atomic E-state index is 11.5. The van der Waals surface area contributed by atoms with E-state index in [4.69, 9.17) is 0 Å². The Hall–Kier alpha value is -1.32. The van der Waals surface area contributed by atoms with Crippen LogP contribution in [-0.4, -0.2) is 12.6 Å². The lowest BCUT2D eigenvalue weighted by Crippen LogP contribution is -2.04. The molecule has 0 aromatic rings. The van der Waals surface area contributed by atoms with Crippen LogP contribution in [0.4, 0.5) is 4.48 Å². The summed E-state index contributed by atoms with van der Waals surface area (Å²) >= 11 is 0. The molecule has 0 aliphatic rings. The monoisotopic (exact) mass is 159 g/mol. The first-order chi connectivity index (χ1) is 5.20. The van der Waals surface area contributed by atoms with E-state index in [1.54, 1.807) is 0 Å². The molecule has 0 aromatic heterocycles. The summed E-state index contributed by atoms with van der Waals surface area (Å²) in [6.45, 7) is 4.89. The number of rotatable bonds is 4. The van der Waals surface area contributed by atoms with Crippen LogP contribution in [0.25, 0.3) is 0 Å². The number of nitrogens with one attached hydrogen (secondary N) is 1. The summed E-state index contributed by atoms with van der Waals surface area (Å²) in [7, 11) is 0. The second kappa shape index (κ2) is 5.46. The smallest absolute Gasteiger partial charge is 0.332 e. The van der Waals surface area contributed by atoms with Crippen molar-refractivity contribution >= 4 is 5.97 Å². The van der Waals surface area contributed by atoms with Gasteiger partial charge in [-0.3, -0.25) is 0 Å². The van der Waals surface area contributed by atoms with E-state index in [-0.39, 0.29) is 12.3 Å². The Balaban J connectivity index is 3.76. The SMILES string of the molecule is C=CCOC(=O)/C=C(/C)NF. The molecule has 0 saturated carbocycles. The number of allylic oxidation sites excluding steroid dienone is 1. The predicted octanol–water partition coefficient (Wildman–Crippen LogP) is 1.09.